The minimum absolute atomic E-state index is 0.0799. The van der Waals surface area contributed by atoms with Crippen LogP contribution in [-0.2, 0) is 0 Å². The normalized spacial score (nSPS) is 14.0. The van der Waals surface area contributed by atoms with Gasteiger partial charge in [0, 0.05) is 24.4 Å². The second kappa shape index (κ2) is 5.88. The van der Waals surface area contributed by atoms with Crippen molar-refractivity contribution < 1.29 is 14.8 Å². The van der Waals surface area contributed by atoms with Gasteiger partial charge in [0.25, 0.3) is 0 Å². The summed E-state index contributed by atoms with van der Waals surface area (Å²) in [5.41, 5.74) is -0.262. The smallest absolute Gasteiger partial charge is 0.311 e. The van der Waals surface area contributed by atoms with Crippen LogP contribution < -0.4 is 10.1 Å². The van der Waals surface area contributed by atoms with Gasteiger partial charge in [-0.25, -0.2) is 0 Å². The highest BCUT2D eigenvalue weighted by Crippen LogP contribution is 2.30. The molecule has 106 valence electrons. The molecule has 0 aromatic heterocycles. The Labute approximate surface area is 112 Å². The van der Waals surface area contributed by atoms with E-state index in [4.69, 9.17) is 4.74 Å². The van der Waals surface area contributed by atoms with Crippen molar-refractivity contribution in [2.75, 3.05) is 19.0 Å². The molecule has 0 radical (unpaired) electrons. The van der Waals surface area contributed by atoms with Crippen LogP contribution >= 0.6 is 0 Å². The molecule has 1 aromatic carbocycles. The van der Waals surface area contributed by atoms with Crippen molar-refractivity contribution in [2.45, 2.75) is 26.4 Å². The number of anilines is 1. The molecule has 0 aliphatic carbocycles. The first-order chi connectivity index (χ1) is 8.77. The topological polar surface area (TPSA) is 84.6 Å². The van der Waals surface area contributed by atoms with Crippen LogP contribution in [0.3, 0.4) is 0 Å². The monoisotopic (exact) mass is 268 g/mol. The van der Waals surface area contributed by atoms with E-state index in [0.717, 1.165) is 0 Å². The summed E-state index contributed by atoms with van der Waals surface area (Å²) in [5, 5.41) is 23.9. The molecule has 6 heteroatoms. The molecule has 19 heavy (non-hydrogen) atoms. The summed E-state index contributed by atoms with van der Waals surface area (Å²) in [4.78, 5) is 10.3. The highest BCUT2D eigenvalue weighted by molar-refractivity contribution is 5.58. The van der Waals surface area contributed by atoms with Crippen molar-refractivity contribution in [2.24, 2.45) is 5.92 Å². The van der Waals surface area contributed by atoms with Gasteiger partial charge in [0.2, 0.25) is 0 Å². The second-order valence-corrected chi connectivity index (χ2v) is 5.01. The first-order valence-electron chi connectivity index (χ1n) is 6.06. The number of nitrogens with one attached hydrogen (secondary N) is 1. The molecule has 0 bridgehead atoms. The van der Waals surface area contributed by atoms with Gasteiger partial charge in [-0.1, -0.05) is 13.8 Å². The number of methoxy groups -OCH3 is 1. The average Bonchev–Trinajstić information content (AvgIpc) is 2.35. The zero-order valence-corrected chi connectivity index (χ0v) is 11.6. The van der Waals surface area contributed by atoms with E-state index in [9.17, 15) is 15.2 Å². The number of nitrogens with zero attached hydrogens (tertiary/aromatic N) is 1. The molecule has 0 aliphatic heterocycles. The summed E-state index contributed by atoms with van der Waals surface area (Å²) in [6, 6.07) is 4.52. The lowest BCUT2D eigenvalue weighted by molar-refractivity contribution is -0.385. The molecule has 0 saturated heterocycles. The molecule has 0 heterocycles. The molecule has 0 unspecified atom stereocenters. The van der Waals surface area contributed by atoms with E-state index in [-0.39, 0.29) is 17.4 Å². The van der Waals surface area contributed by atoms with Gasteiger partial charge < -0.3 is 15.2 Å². The molecule has 1 atom stereocenters. The van der Waals surface area contributed by atoms with E-state index >= 15 is 0 Å². The van der Waals surface area contributed by atoms with E-state index < -0.39 is 10.5 Å². The summed E-state index contributed by atoms with van der Waals surface area (Å²) >= 11 is 0. The second-order valence-electron chi connectivity index (χ2n) is 5.01. The standard InChI is InChI=1S/C13H20N2O4/c1-9(2)13(3,16)8-14-10-5-6-11(15(17)18)12(7-10)19-4/h5-7,9,14,16H,8H2,1-4H3/t13-/m1/s1. The molecule has 1 rings (SSSR count). The van der Waals surface area contributed by atoms with Crippen LogP contribution in [0.4, 0.5) is 11.4 Å². The fraction of sp³-hybridized carbons (Fsp3) is 0.538. The molecular weight excluding hydrogens is 248 g/mol. The van der Waals surface area contributed by atoms with Gasteiger partial charge in [0.05, 0.1) is 17.6 Å². The molecule has 6 nitrogen and oxygen atoms in total. The Hall–Kier alpha value is -1.82. The number of aliphatic hydroxyl groups is 1. The lowest BCUT2D eigenvalue weighted by Crippen LogP contribution is -2.38. The molecule has 2 N–H and O–H groups in total. The Bertz CT molecular complexity index is 458. The third-order valence-electron chi connectivity index (χ3n) is 3.27. The number of ether oxygens (including phenoxy) is 1. The number of hydrogen-bond donors (Lipinski definition) is 2. The number of nitro benzene ring substituents is 1. The van der Waals surface area contributed by atoms with Crippen molar-refractivity contribution in [3.05, 3.63) is 28.3 Å². The van der Waals surface area contributed by atoms with Crippen molar-refractivity contribution in [1.29, 1.82) is 0 Å². The lowest BCUT2D eigenvalue weighted by atomic mass is 9.92. The first kappa shape index (κ1) is 15.2. The number of nitro groups is 1. The van der Waals surface area contributed by atoms with Crippen LogP contribution in [0.1, 0.15) is 20.8 Å². The minimum Gasteiger partial charge on any atom is -0.490 e. The fourth-order valence-electron chi connectivity index (χ4n) is 1.42. The Balaban J connectivity index is 2.84. The molecule has 0 amide bonds. The van der Waals surface area contributed by atoms with E-state index in [1.54, 1.807) is 19.1 Å². The van der Waals surface area contributed by atoms with E-state index in [1.807, 2.05) is 13.8 Å². The summed E-state index contributed by atoms with van der Waals surface area (Å²) in [7, 11) is 1.39. The first-order valence-corrected chi connectivity index (χ1v) is 6.06. The Kier molecular flexibility index (Phi) is 4.72. The Morgan fingerprint density at radius 3 is 2.63 bits per heavy atom. The van der Waals surface area contributed by atoms with Crippen LogP contribution in [0.5, 0.6) is 5.75 Å². The Morgan fingerprint density at radius 2 is 2.16 bits per heavy atom. The zero-order valence-electron chi connectivity index (χ0n) is 11.6. The van der Waals surface area contributed by atoms with Gasteiger partial charge in [0.1, 0.15) is 0 Å². The van der Waals surface area contributed by atoms with Crippen LogP contribution in [0.15, 0.2) is 18.2 Å². The molecule has 0 saturated carbocycles. The van der Waals surface area contributed by atoms with Gasteiger partial charge in [-0.15, -0.1) is 0 Å². The maximum Gasteiger partial charge on any atom is 0.311 e. The van der Waals surface area contributed by atoms with Gasteiger partial charge in [-0.3, -0.25) is 10.1 Å². The predicted molar refractivity (Wildman–Crippen MR) is 73.6 cm³/mol. The van der Waals surface area contributed by atoms with Crippen molar-refractivity contribution in [3.63, 3.8) is 0 Å². The number of rotatable bonds is 6. The molecule has 0 aliphatic rings. The largest absolute Gasteiger partial charge is 0.490 e. The van der Waals surface area contributed by atoms with Crippen molar-refractivity contribution in [3.8, 4) is 5.75 Å². The van der Waals surface area contributed by atoms with E-state index in [2.05, 4.69) is 5.32 Å². The zero-order chi connectivity index (χ0) is 14.6. The maximum atomic E-state index is 10.8. The van der Waals surface area contributed by atoms with Crippen LogP contribution in [-0.4, -0.2) is 29.3 Å². The molecular formula is C13H20N2O4. The summed E-state index contributed by atoms with van der Waals surface area (Å²) in [5.74, 6) is 0.291. The summed E-state index contributed by atoms with van der Waals surface area (Å²) in [6.07, 6.45) is 0. The van der Waals surface area contributed by atoms with Gasteiger partial charge in [-0.2, -0.15) is 0 Å². The maximum absolute atomic E-state index is 10.8. The SMILES string of the molecule is COc1cc(NC[C@@](C)(O)C(C)C)ccc1[N+](=O)[O-]. The van der Waals surface area contributed by atoms with E-state index in [0.29, 0.717) is 12.2 Å². The fourth-order valence-corrected chi connectivity index (χ4v) is 1.42. The predicted octanol–water partition coefficient (Wildman–Crippen LogP) is 2.42. The van der Waals surface area contributed by atoms with Crippen LogP contribution in [0.2, 0.25) is 0 Å². The third kappa shape index (κ3) is 3.82. The summed E-state index contributed by atoms with van der Waals surface area (Å²) < 4.78 is 4.98. The van der Waals surface area contributed by atoms with Crippen molar-refractivity contribution in [1.82, 2.24) is 0 Å². The van der Waals surface area contributed by atoms with E-state index in [1.165, 1.54) is 13.2 Å². The average molecular weight is 268 g/mol. The Morgan fingerprint density at radius 1 is 1.53 bits per heavy atom. The van der Waals surface area contributed by atoms with Gasteiger partial charge in [0.15, 0.2) is 5.75 Å². The molecule has 0 fully saturated rings. The summed E-state index contributed by atoms with van der Waals surface area (Å²) in [6.45, 7) is 5.95. The lowest BCUT2D eigenvalue weighted by Gasteiger charge is -2.28. The highest BCUT2D eigenvalue weighted by atomic mass is 16.6. The van der Waals surface area contributed by atoms with Gasteiger partial charge >= 0.3 is 5.69 Å². The quantitative estimate of drug-likeness (QED) is 0.611. The number of benzene rings is 1. The number of hydrogen-bond acceptors (Lipinski definition) is 5. The molecule has 1 aromatic rings. The van der Waals surface area contributed by atoms with Crippen LogP contribution in [0, 0.1) is 16.0 Å². The molecule has 0 spiro atoms. The van der Waals surface area contributed by atoms with Crippen molar-refractivity contribution >= 4 is 11.4 Å². The minimum atomic E-state index is -0.852. The van der Waals surface area contributed by atoms with Gasteiger partial charge in [-0.05, 0) is 18.9 Å². The van der Waals surface area contributed by atoms with Crippen LogP contribution in [0.25, 0.3) is 0 Å². The third-order valence-corrected chi connectivity index (χ3v) is 3.27. The highest BCUT2D eigenvalue weighted by Gasteiger charge is 2.24.